The van der Waals surface area contributed by atoms with Crippen LogP contribution in [0.2, 0.25) is 0 Å². The molecule has 2 N–H and O–H groups in total. The van der Waals surface area contributed by atoms with Gasteiger partial charge in [0, 0.05) is 25.6 Å². The largest absolute Gasteiger partial charge is 0.356 e. The van der Waals surface area contributed by atoms with Crippen LogP contribution in [0.15, 0.2) is 60.7 Å². The minimum Gasteiger partial charge on any atom is -0.356 e. The van der Waals surface area contributed by atoms with Crippen LogP contribution in [0.1, 0.15) is 23.5 Å². The van der Waals surface area contributed by atoms with Crippen LogP contribution in [0.25, 0.3) is 0 Å². The van der Waals surface area contributed by atoms with Crippen LogP contribution in [0.5, 0.6) is 0 Å². The summed E-state index contributed by atoms with van der Waals surface area (Å²) in [5.41, 5.74) is 2.60. The second kappa shape index (κ2) is 8.70. The van der Waals surface area contributed by atoms with Crippen LogP contribution in [-0.4, -0.2) is 25.5 Å². The Kier molecular flexibility index (Phi) is 6.63. The SMILES string of the molecule is Cl.O=C(NCCC(c1ccccc1)c1ccccc1)C1CNC1. The van der Waals surface area contributed by atoms with E-state index in [2.05, 4.69) is 59.2 Å². The number of benzene rings is 2. The van der Waals surface area contributed by atoms with E-state index in [0.717, 1.165) is 19.5 Å². The summed E-state index contributed by atoms with van der Waals surface area (Å²) in [7, 11) is 0. The van der Waals surface area contributed by atoms with Crippen LogP contribution >= 0.6 is 12.4 Å². The van der Waals surface area contributed by atoms with E-state index in [0.29, 0.717) is 12.5 Å². The van der Waals surface area contributed by atoms with Gasteiger partial charge in [-0.05, 0) is 17.5 Å². The fraction of sp³-hybridized carbons (Fsp3) is 0.316. The van der Waals surface area contributed by atoms with Gasteiger partial charge in [-0.2, -0.15) is 0 Å². The highest BCUT2D eigenvalue weighted by atomic mass is 35.5. The summed E-state index contributed by atoms with van der Waals surface area (Å²) >= 11 is 0. The Bertz CT molecular complexity index is 560. The molecular weight excluding hydrogens is 308 g/mol. The first-order valence-electron chi connectivity index (χ1n) is 7.93. The first-order chi connectivity index (χ1) is 10.8. The highest BCUT2D eigenvalue weighted by Gasteiger charge is 2.24. The maximum absolute atomic E-state index is 11.9. The molecule has 2 aromatic rings. The molecule has 1 aliphatic rings. The second-order valence-corrected chi connectivity index (χ2v) is 5.81. The number of rotatable bonds is 6. The highest BCUT2D eigenvalue weighted by molar-refractivity contribution is 5.85. The Morgan fingerprint density at radius 2 is 1.52 bits per heavy atom. The van der Waals surface area contributed by atoms with Gasteiger partial charge in [0.25, 0.3) is 0 Å². The molecule has 122 valence electrons. The van der Waals surface area contributed by atoms with Crippen molar-refractivity contribution in [1.29, 1.82) is 0 Å². The third-order valence-corrected chi connectivity index (χ3v) is 4.29. The van der Waals surface area contributed by atoms with Crippen molar-refractivity contribution in [2.24, 2.45) is 5.92 Å². The van der Waals surface area contributed by atoms with Gasteiger partial charge >= 0.3 is 0 Å². The lowest BCUT2D eigenvalue weighted by Gasteiger charge is -2.26. The monoisotopic (exact) mass is 330 g/mol. The van der Waals surface area contributed by atoms with E-state index in [1.165, 1.54) is 11.1 Å². The minimum absolute atomic E-state index is 0. The normalized spacial score (nSPS) is 14.0. The molecule has 2 aromatic carbocycles. The lowest BCUT2D eigenvalue weighted by molar-refractivity contribution is -0.126. The number of halogens is 1. The molecule has 0 aliphatic carbocycles. The van der Waals surface area contributed by atoms with Crippen molar-refractivity contribution < 1.29 is 4.79 Å². The van der Waals surface area contributed by atoms with Gasteiger partial charge in [0.15, 0.2) is 0 Å². The van der Waals surface area contributed by atoms with E-state index in [4.69, 9.17) is 0 Å². The predicted octanol–water partition coefficient (Wildman–Crippen LogP) is 2.97. The molecular formula is C19H23ClN2O. The van der Waals surface area contributed by atoms with E-state index < -0.39 is 0 Å². The quantitative estimate of drug-likeness (QED) is 0.855. The fourth-order valence-corrected chi connectivity index (χ4v) is 2.85. The summed E-state index contributed by atoms with van der Waals surface area (Å²) in [4.78, 5) is 11.9. The molecule has 1 saturated heterocycles. The molecule has 3 nitrogen and oxygen atoms in total. The predicted molar refractivity (Wildman–Crippen MR) is 96.0 cm³/mol. The van der Waals surface area contributed by atoms with E-state index in [1.54, 1.807) is 0 Å². The lowest BCUT2D eigenvalue weighted by atomic mass is 9.88. The number of hydrogen-bond donors (Lipinski definition) is 2. The van der Waals surface area contributed by atoms with E-state index in [9.17, 15) is 4.79 Å². The summed E-state index contributed by atoms with van der Waals surface area (Å²) in [5.74, 6) is 0.660. The minimum atomic E-state index is 0. The molecule has 0 radical (unpaired) electrons. The first kappa shape index (κ1) is 17.5. The summed E-state index contributed by atoms with van der Waals surface area (Å²) < 4.78 is 0. The number of hydrogen-bond acceptors (Lipinski definition) is 2. The zero-order valence-electron chi connectivity index (χ0n) is 13.1. The molecule has 1 amide bonds. The van der Waals surface area contributed by atoms with Crippen molar-refractivity contribution in [2.75, 3.05) is 19.6 Å². The molecule has 0 unspecified atom stereocenters. The van der Waals surface area contributed by atoms with Gasteiger partial charge in [-0.15, -0.1) is 12.4 Å². The molecule has 0 bridgehead atoms. The standard InChI is InChI=1S/C19H22N2O.ClH/c22-19(17-13-20-14-17)21-12-11-18(15-7-3-1-4-8-15)16-9-5-2-6-10-16;/h1-10,17-18,20H,11-14H2,(H,21,22);1H. The summed E-state index contributed by atoms with van der Waals surface area (Å²) in [6, 6.07) is 21.0. The van der Waals surface area contributed by atoms with Crippen molar-refractivity contribution >= 4 is 18.3 Å². The van der Waals surface area contributed by atoms with Gasteiger partial charge in [-0.1, -0.05) is 60.7 Å². The molecule has 4 heteroatoms. The molecule has 0 saturated carbocycles. The van der Waals surface area contributed by atoms with E-state index in [-0.39, 0.29) is 24.2 Å². The Hall–Kier alpha value is -1.84. The summed E-state index contributed by atoms with van der Waals surface area (Å²) in [6.07, 6.45) is 0.917. The van der Waals surface area contributed by atoms with Gasteiger partial charge in [0.2, 0.25) is 5.91 Å². The smallest absolute Gasteiger partial charge is 0.225 e. The van der Waals surface area contributed by atoms with Crippen molar-refractivity contribution in [1.82, 2.24) is 10.6 Å². The number of carbonyl (C=O) groups is 1. The Balaban J connectivity index is 0.00000192. The Labute approximate surface area is 143 Å². The maximum Gasteiger partial charge on any atom is 0.225 e. The topological polar surface area (TPSA) is 41.1 Å². The molecule has 3 rings (SSSR count). The summed E-state index contributed by atoms with van der Waals surface area (Å²) in [6.45, 7) is 2.34. The van der Waals surface area contributed by atoms with Crippen molar-refractivity contribution in [3.8, 4) is 0 Å². The fourth-order valence-electron chi connectivity index (χ4n) is 2.85. The van der Waals surface area contributed by atoms with E-state index >= 15 is 0 Å². The average molecular weight is 331 g/mol. The zero-order chi connectivity index (χ0) is 15.2. The summed E-state index contributed by atoms with van der Waals surface area (Å²) in [5, 5.41) is 6.21. The van der Waals surface area contributed by atoms with Crippen LogP contribution in [-0.2, 0) is 4.79 Å². The second-order valence-electron chi connectivity index (χ2n) is 5.81. The number of carbonyl (C=O) groups excluding carboxylic acids is 1. The van der Waals surface area contributed by atoms with Crippen LogP contribution in [0, 0.1) is 5.92 Å². The van der Waals surface area contributed by atoms with Gasteiger partial charge in [0.1, 0.15) is 0 Å². The molecule has 0 spiro atoms. The lowest BCUT2D eigenvalue weighted by Crippen LogP contribution is -2.50. The van der Waals surface area contributed by atoms with Crippen LogP contribution in [0.3, 0.4) is 0 Å². The maximum atomic E-state index is 11.9. The zero-order valence-corrected chi connectivity index (χ0v) is 13.9. The molecule has 1 fully saturated rings. The molecule has 1 aliphatic heterocycles. The molecule has 0 atom stereocenters. The van der Waals surface area contributed by atoms with E-state index in [1.807, 2.05) is 12.1 Å². The number of amides is 1. The highest BCUT2D eigenvalue weighted by Crippen LogP contribution is 2.27. The molecule has 1 heterocycles. The van der Waals surface area contributed by atoms with Crippen molar-refractivity contribution in [3.05, 3.63) is 71.8 Å². The van der Waals surface area contributed by atoms with Gasteiger partial charge in [0.05, 0.1) is 5.92 Å². The molecule has 23 heavy (non-hydrogen) atoms. The van der Waals surface area contributed by atoms with Crippen LogP contribution < -0.4 is 10.6 Å². The van der Waals surface area contributed by atoms with Crippen molar-refractivity contribution in [3.63, 3.8) is 0 Å². The van der Waals surface area contributed by atoms with Gasteiger partial charge in [-0.3, -0.25) is 4.79 Å². The Morgan fingerprint density at radius 3 is 1.96 bits per heavy atom. The average Bonchev–Trinajstić information content (AvgIpc) is 2.51. The number of nitrogens with one attached hydrogen (secondary N) is 2. The van der Waals surface area contributed by atoms with Gasteiger partial charge in [-0.25, -0.2) is 0 Å². The van der Waals surface area contributed by atoms with Gasteiger partial charge < -0.3 is 10.6 Å². The van der Waals surface area contributed by atoms with Crippen LogP contribution in [0.4, 0.5) is 0 Å². The molecule has 0 aromatic heterocycles. The third-order valence-electron chi connectivity index (χ3n) is 4.29. The third kappa shape index (κ3) is 4.57. The first-order valence-corrected chi connectivity index (χ1v) is 7.93. The Morgan fingerprint density at radius 1 is 1.00 bits per heavy atom. The van der Waals surface area contributed by atoms with Crippen molar-refractivity contribution in [2.45, 2.75) is 12.3 Å².